The number of carboxylic acids is 1. The molecule has 6 nitrogen and oxygen atoms in total. The first-order valence-electron chi connectivity index (χ1n) is 7.91. The van der Waals surface area contributed by atoms with Crippen LogP contribution in [0.3, 0.4) is 0 Å². The molecule has 0 radical (unpaired) electrons. The van der Waals surface area contributed by atoms with Crippen LogP contribution < -0.4 is 0 Å². The summed E-state index contributed by atoms with van der Waals surface area (Å²) in [6.07, 6.45) is 3.30. The van der Waals surface area contributed by atoms with Gasteiger partial charge in [-0.3, -0.25) is 4.79 Å². The van der Waals surface area contributed by atoms with Crippen molar-refractivity contribution in [2.45, 2.75) is 45.1 Å². The second kappa shape index (κ2) is 7.11. The molecule has 0 aliphatic carbocycles. The Hall–Kier alpha value is -1.30. The van der Waals surface area contributed by atoms with E-state index in [2.05, 4.69) is 0 Å². The molecule has 2 N–H and O–H groups in total. The quantitative estimate of drug-likeness (QED) is 0.825. The van der Waals surface area contributed by atoms with Gasteiger partial charge in [-0.2, -0.15) is 0 Å². The van der Waals surface area contributed by atoms with Crippen molar-refractivity contribution in [1.29, 1.82) is 0 Å². The average Bonchev–Trinajstić information content (AvgIpc) is 2.46. The van der Waals surface area contributed by atoms with E-state index in [1.165, 1.54) is 0 Å². The normalized spacial score (nSPS) is 25.7. The number of hydrogen-bond donors (Lipinski definition) is 2. The van der Waals surface area contributed by atoms with Gasteiger partial charge < -0.3 is 20.0 Å². The first-order valence-corrected chi connectivity index (χ1v) is 7.91. The van der Waals surface area contributed by atoms with Crippen LogP contribution in [-0.4, -0.2) is 64.3 Å². The number of likely N-dealkylation sites (tertiary alicyclic amines) is 2. The molecule has 0 aromatic rings. The molecule has 0 aromatic heterocycles. The van der Waals surface area contributed by atoms with E-state index in [0.29, 0.717) is 19.6 Å². The molecule has 2 heterocycles. The second-order valence-corrected chi connectivity index (χ2v) is 6.40. The summed E-state index contributed by atoms with van der Waals surface area (Å²) >= 11 is 0. The molecule has 6 heteroatoms. The molecule has 2 unspecified atom stereocenters. The molecule has 0 bridgehead atoms. The molecular formula is C15H26N2O4. The lowest BCUT2D eigenvalue weighted by Gasteiger charge is -2.39. The number of carbonyl (C=O) groups is 2. The van der Waals surface area contributed by atoms with Crippen molar-refractivity contribution in [1.82, 2.24) is 9.80 Å². The summed E-state index contributed by atoms with van der Waals surface area (Å²) in [5.41, 5.74) is 0. The van der Waals surface area contributed by atoms with Gasteiger partial charge in [0.2, 0.25) is 0 Å². The van der Waals surface area contributed by atoms with E-state index < -0.39 is 5.97 Å². The fourth-order valence-electron chi connectivity index (χ4n) is 3.43. The summed E-state index contributed by atoms with van der Waals surface area (Å²) in [6.45, 7) is 4.47. The summed E-state index contributed by atoms with van der Waals surface area (Å²) in [5, 5.41) is 18.5. The van der Waals surface area contributed by atoms with E-state index in [1.807, 2.05) is 11.8 Å². The number of aliphatic hydroxyl groups excluding tert-OH is 1. The van der Waals surface area contributed by atoms with Gasteiger partial charge in [-0.1, -0.05) is 0 Å². The van der Waals surface area contributed by atoms with Gasteiger partial charge in [-0.15, -0.1) is 0 Å². The number of aliphatic hydroxyl groups is 1. The number of rotatable bonds is 3. The molecule has 2 aliphatic heterocycles. The maximum absolute atomic E-state index is 12.5. The number of carbonyl (C=O) groups excluding carboxylic acids is 1. The summed E-state index contributed by atoms with van der Waals surface area (Å²) in [4.78, 5) is 27.0. The Balaban J connectivity index is 1.84. The molecule has 0 spiro atoms. The molecule has 120 valence electrons. The lowest BCUT2D eigenvalue weighted by molar-refractivity contribution is -0.138. The van der Waals surface area contributed by atoms with Gasteiger partial charge in [0.15, 0.2) is 0 Å². The van der Waals surface area contributed by atoms with Crippen LogP contribution in [-0.2, 0) is 4.79 Å². The van der Waals surface area contributed by atoms with Crippen molar-refractivity contribution in [3.63, 3.8) is 0 Å². The van der Waals surface area contributed by atoms with Crippen LogP contribution in [0.15, 0.2) is 0 Å². The number of hydrogen-bond acceptors (Lipinski definition) is 3. The highest BCUT2D eigenvalue weighted by Gasteiger charge is 2.31. The van der Waals surface area contributed by atoms with Crippen molar-refractivity contribution in [2.75, 3.05) is 26.2 Å². The molecular weight excluding hydrogens is 272 g/mol. The van der Waals surface area contributed by atoms with Crippen LogP contribution >= 0.6 is 0 Å². The van der Waals surface area contributed by atoms with Crippen molar-refractivity contribution in [2.24, 2.45) is 11.8 Å². The number of amides is 2. The Morgan fingerprint density at radius 3 is 2.38 bits per heavy atom. The average molecular weight is 298 g/mol. The summed E-state index contributed by atoms with van der Waals surface area (Å²) in [5.74, 6) is -0.419. The maximum Gasteiger partial charge on any atom is 0.320 e. The smallest absolute Gasteiger partial charge is 0.320 e. The maximum atomic E-state index is 12.5. The third kappa shape index (κ3) is 4.33. The van der Waals surface area contributed by atoms with Crippen LogP contribution in [0.5, 0.6) is 0 Å². The van der Waals surface area contributed by atoms with E-state index in [1.54, 1.807) is 4.90 Å². The number of carboxylic acid groups (broad SMARTS) is 1. The summed E-state index contributed by atoms with van der Waals surface area (Å²) in [7, 11) is 0. The van der Waals surface area contributed by atoms with Gasteiger partial charge in [0.1, 0.15) is 0 Å². The highest BCUT2D eigenvalue weighted by molar-refractivity contribution is 5.75. The van der Waals surface area contributed by atoms with Gasteiger partial charge >= 0.3 is 12.0 Å². The first kappa shape index (κ1) is 16.1. The minimum atomic E-state index is -0.785. The molecule has 0 saturated carbocycles. The predicted octanol–water partition coefficient (Wildman–Crippen LogP) is 1.39. The highest BCUT2D eigenvalue weighted by atomic mass is 16.4. The third-order valence-corrected chi connectivity index (χ3v) is 4.75. The van der Waals surface area contributed by atoms with Gasteiger partial charge in [0.05, 0.1) is 6.10 Å². The van der Waals surface area contributed by atoms with Crippen molar-refractivity contribution in [3.8, 4) is 0 Å². The molecule has 2 fully saturated rings. The molecule has 2 amide bonds. The zero-order chi connectivity index (χ0) is 15.4. The van der Waals surface area contributed by atoms with Crippen LogP contribution in [0.4, 0.5) is 4.79 Å². The van der Waals surface area contributed by atoms with E-state index >= 15 is 0 Å². The lowest BCUT2D eigenvalue weighted by Crippen LogP contribution is -2.50. The van der Waals surface area contributed by atoms with E-state index in [4.69, 9.17) is 5.11 Å². The van der Waals surface area contributed by atoms with Gasteiger partial charge in [-0.05, 0) is 44.4 Å². The number of aliphatic carboxylic acids is 1. The van der Waals surface area contributed by atoms with Crippen molar-refractivity contribution < 1.29 is 19.8 Å². The standard InChI is InChI=1S/C15H26N2O4/c1-11(18)13-4-7-16(8-5-13)15(21)17-6-2-3-12(10-17)9-14(19)20/h11-13,18H,2-10H2,1H3,(H,19,20). The van der Waals surface area contributed by atoms with Crippen LogP contribution in [0.25, 0.3) is 0 Å². The molecule has 0 aromatic carbocycles. The summed E-state index contributed by atoms with van der Waals surface area (Å²) in [6, 6.07) is 0.0362. The minimum Gasteiger partial charge on any atom is -0.481 e. The Bertz CT molecular complexity index is 378. The molecule has 2 saturated heterocycles. The van der Waals surface area contributed by atoms with Crippen LogP contribution in [0, 0.1) is 11.8 Å². The van der Waals surface area contributed by atoms with Gasteiger partial charge in [0, 0.05) is 32.6 Å². The number of piperidine rings is 2. The highest BCUT2D eigenvalue weighted by Crippen LogP contribution is 2.24. The van der Waals surface area contributed by atoms with Crippen molar-refractivity contribution in [3.05, 3.63) is 0 Å². The Kier molecular flexibility index (Phi) is 5.45. The molecule has 2 aliphatic rings. The van der Waals surface area contributed by atoms with Gasteiger partial charge in [-0.25, -0.2) is 4.79 Å². The third-order valence-electron chi connectivity index (χ3n) is 4.75. The lowest BCUT2D eigenvalue weighted by atomic mass is 9.92. The Labute approximate surface area is 125 Å². The number of urea groups is 1. The monoisotopic (exact) mass is 298 g/mol. The van der Waals surface area contributed by atoms with E-state index in [0.717, 1.165) is 32.2 Å². The summed E-state index contributed by atoms with van der Waals surface area (Å²) < 4.78 is 0. The molecule has 21 heavy (non-hydrogen) atoms. The second-order valence-electron chi connectivity index (χ2n) is 6.40. The van der Waals surface area contributed by atoms with E-state index in [9.17, 15) is 14.7 Å². The first-order chi connectivity index (χ1) is 9.97. The van der Waals surface area contributed by atoms with E-state index in [-0.39, 0.29) is 30.4 Å². The van der Waals surface area contributed by atoms with Crippen LogP contribution in [0.1, 0.15) is 39.0 Å². The fraction of sp³-hybridized carbons (Fsp3) is 0.867. The molecule has 2 atom stereocenters. The largest absolute Gasteiger partial charge is 0.481 e. The molecule has 2 rings (SSSR count). The predicted molar refractivity (Wildman–Crippen MR) is 77.9 cm³/mol. The fourth-order valence-corrected chi connectivity index (χ4v) is 3.43. The Morgan fingerprint density at radius 2 is 1.81 bits per heavy atom. The van der Waals surface area contributed by atoms with Crippen LogP contribution in [0.2, 0.25) is 0 Å². The zero-order valence-electron chi connectivity index (χ0n) is 12.7. The SMILES string of the molecule is CC(O)C1CCN(C(=O)N2CCCC(CC(=O)O)C2)CC1. The van der Waals surface area contributed by atoms with Crippen molar-refractivity contribution >= 4 is 12.0 Å². The van der Waals surface area contributed by atoms with Gasteiger partial charge in [0.25, 0.3) is 0 Å². The minimum absolute atomic E-state index is 0.0362. The zero-order valence-corrected chi connectivity index (χ0v) is 12.7. The number of nitrogens with zero attached hydrogens (tertiary/aromatic N) is 2. The topological polar surface area (TPSA) is 81.1 Å². The Morgan fingerprint density at radius 1 is 1.14 bits per heavy atom.